The number of hydrogen-bond acceptors (Lipinski definition) is 7. The lowest BCUT2D eigenvalue weighted by atomic mass is 9.81. The van der Waals surface area contributed by atoms with Crippen LogP contribution in [0.15, 0.2) is 84.4 Å². The molecule has 0 bridgehead atoms. The number of rotatable bonds is 10. The summed E-state index contributed by atoms with van der Waals surface area (Å²) < 4.78 is 32.9. The molecule has 0 unspecified atom stereocenters. The molecule has 0 saturated heterocycles. The highest BCUT2D eigenvalue weighted by atomic mass is 32.2. The maximum Gasteiger partial charge on any atom is 0.224 e. The second-order valence-corrected chi connectivity index (χ2v) is 10.4. The molecule has 0 amide bonds. The molecule has 0 saturated carbocycles. The van der Waals surface area contributed by atoms with Gasteiger partial charge in [-0.2, -0.15) is 0 Å². The Morgan fingerprint density at radius 1 is 0.897 bits per heavy atom. The quantitative estimate of drug-likeness (QED) is 0.147. The molecule has 0 radical (unpaired) electrons. The van der Waals surface area contributed by atoms with E-state index in [1.54, 1.807) is 38.1 Å². The van der Waals surface area contributed by atoms with E-state index in [1.165, 1.54) is 18.5 Å². The molecular weight excluding hydrogens is 515 g/mol. The van der Waals surface area contributed by atoms with Gasteiger partial charge in [0, 0.05) is 16.9 Å². The van der Waals surface area contributed by atoms with Crippen LogP contribution in [0.2, 0.25) is 0 Å². The van der Waals surface area contributed by atoms with E-state index < -0.39 is 5.41 Å². The predicted molar refractivity (Wildman–Crippen MR) is 151 cm³/mol. The van der Waals surface area contributed by atoms with E-state index in [9.17, 15) is 4.39 Å². The fraction of sp³-hybridized carbons (Fsp3) is 0.233. The normalized spacial score (nSPS) is 11.5. The van der Waals surface area contributed by atoms with Gasteiger partial charge in [0.2, 0.25) is 5.88 Å². The molecule has 39 heavy (non-hydrogen) atoms. The zero-order chi connectivity index (χ0) is 27.4. The highest BCUT2D eigenvalue weighted by Crippen LogP contribution is 2.39. The first kappa shape index (κ1) is 26.5. The average Bonchev–Trinajstić information content (AvgIpc) is 3.40. The molecule has 0 atom stereocenters. The Morgan fingerprint density at radius 3 is 2.44 bits per heavy atom. The molecule has 3 aromatic carbocycles. The minimum atomic E-state index is -0.462. The molecule has 0 fully saturated rings. The summed E-state index contributed by atoms with van der Waals surface area (Å²) >= 11 is 1.56. The van der Waals surface area contributed by atoms with E-state index in [0.717, 1.165) is 33.0 Å². The van der Waals surface area contributed by atoms with Gasteiger partial charge in [-0.15, -0.1) is 0 Å². The summed E-state index contributed by atoms with van der Waals surface area (Å²) in [5, 5.41) is 1.65. The lowest BCUT2D eigenvalue weighted by Gasteiger charge is -2.28. The number of halogens is 1. The standard InChI is InChI=1S/C30H29FN4O3S/c1-30(2,20-9-14-25(36-3)26(17-20)37-4)27-18-32-29(35(27)22-12-10-21(31)11-13-22)39-16-15-38-28-23-7-5-6-8-24(23)33-19-34-28/h5-14,17-19H,15-16H2,1-4H3. The van der Waals surface area contributed by atoms with Gasteiger partial charge in [0.05, 0.1) is 43.6 Å². The first-order chi connectivity index (χ1) is 18.9. The van der Waals surface area contributed by atoms with E-state index in [0.29, 0.717) is 29.7 Å². The number of ether oxygens (including phenoxy) is 3. The van der Waals surface area contributed by atoms with Crippen LogP contribution in [0.3, 0.4) is 0 Å². The number of benzene rings is 3. The average molecular weight is 545 g/mol. The summed E-state index contributed by atoms with van der Waals surface area (Å²) in [6, 6.07) is 20.1. The van der Waals surface area contributed by atoms with E-state index in [1.807, 2.05) is 48.7 Å². The van der Waals surface area contributed by atoms with E-state index >= 15 is 0 Å². The molecule has 0 spiro atoms. The molecule has 0 aliphatic heterocycles. The number of thioether (sulfide) groups is 1. The zero-order valence-electron chi connectivity index (χ0n) is 22.2. The topological polar surface area (TPSA) is 71.3 Å². The van der Waals surface area contributed by atoms with E-state index in [4.69, 9.17) is 19.2 Å². The van der Waals surface area contributed by atoms with Crippen molar-refractivity contribution in [2.24, 2.45) is 0 Å². The van der Waals surface area contributed by atoms with Gasteiger partial charge in [-0.05, 0) is 54.1 Å². The number of fused-ring (bicyclic) bond motifs is 1. The van der Waals surface area contributed by atoms with Crippen LogP contribution in [0.5, 0.6) is 17.4 Å². The molecule has 0 aliphatic carbocycles. The Kier molecular flexibility index (Phi) is 7.70. The lowest BCUT2D eigenvalue weighted by Crippen LogP contribution is -2.23. The Morgan fingerprint density at radius 2 is 1.67 bits per heavy atom. The molecule has 5 aromatic rings. The van der Waals surface area contributed by atoms with Crippen molar-refractivity contribution in [2.75, 3.05) is 26.6 Å². The van der Waals surface area contributed by atoms with Crippen LogP contribution in [0.1, 0.15) is 25.1 Å². The smallest absolute Gasteiger partial charge is 0.224 e. The first-order valence-corrected chi connectivity index (χ1v) is 13.4. The van der Waals surface area contributed by atoms with Gasteiger partial charge in [-0.1, -0.05) is 43.8 Å². The van der Waals surface area contributed by atoms with Gasteiger partial charge in [0.15, 0.2) is 16.7 Å². The third-order valence-electron chi connectivity index (χ3n) is 6.62. The van der Waals surface area contributed by atoms with Crippen molar-refractivity contribution in [1.82, 2.24) is 19.5 Å². The Labute approximate surface area is 231 Å². The molecule has 7 nitrogen and oxygen atoms in total. The van der Waals surface area contributed by atoms with Gasteiger partial charge < -0.3 is 14.2 Å². The van der Waals surface area contributed by atoms with Gasteiger partial charge >= 0.3 is 0 Å². The van der Waals surface area contributed by atoms with Crippen molar-refractivity contribution in [3.63, 3.8) is 0 Å². The van der Waals surface area contributed by atoms with Crippen molar-refractivity contribution < 1.29 is 18.6 Å². The van der Waals surface area contributed by atoms with Crippen molar-refractivity contribution in [1.29, 1.82) is 0 Å². The highest BCUT2D eigenvalue weighted by Gasteiger charge is 2.30. The fourth-order valence-corrected chi connectivity index (χ4v) is 5.27. The maximum atomic E-state index is 13.8. The predicted octanol–water partition coefficient (Wildman–Crippen LogP) is 6.47. The first-order valence-electron chi connectivity index (χ1n) is 12.4. The number of para-hydroxylation sites is 1. The second kappa shape index (κ2) is 11.3. The SMILES string of the molecule is COc1ccc(C(C)(C)c2cnc(SCCOc3ncnc4ccccc34)n2-c2ccc(F)cc2)cc1OC. The molecular formula is C30H29FN4O3S. The highest BCUT2D eigenvalue weighted by molar-refractivity contribution is 7.99. The van der Waals surface area contributed by atoms with Crippen molar-refractivity contribution in [3.05, 3.63) is 96.3 Å². The van der Waals surface area contributed by atoms with Gasteiger partial charge in [0.1, 0.15) is 12.1 Å². The van der Waals surface area contributed by atoms with Crippen molar-refractivity contribution in [3.8, 4) is 23.1 Å². The molecule has 9 heteroatoms. The van der Waals surface area contributed by atoms with Crippen molar-refractivity contribution >= 4 is 22.7 Å². The minimum Gasteiger partial charge on any atom is -0.493 e. The van der Waals surface area contributed by atoms with Crippen LogP contribution >= 0.6 is 11.8 Å². The van der Waals surface area contributed by atoms with E-state index in [-0.39, 0.29) is 5.82 Å². The summed E-state index contributed by atoms with van der Waals surface area (Å²) in [4.78, 5) is 13.4. The molecule has 2 heterocycles. The summed E-state index contributed by atoms with van der Waals surface area (Å²) in [6.07, 6.45) is 3.38. The zero-order valence-corrected chi connectivity index (χ0v) is 23.0. The Hall–Kier alpha value is -4.11. The summed E-state index contributed by atoms with van der Waals surface area (Å²) in [6.45, 7) is 4.68. The Balaban J connectivity index is 1.43. The van der Waals surface area contributed by atoms with Crippen LogP contribution in [0, 0.1) is 5.82 Å². The summed E-state index contributed by atoms with van der Waals surface area (Å²) in [5.74, 6) is 2.21. The van der Waals surface area contributed by atoms with E-state index in [2.05, 4.69) is 28.4 Å². The number of hydrogen-bond donors (Lipinski definition) is 0. The van der Waals surface area contributed by atoms with Gasteiger partial charge in [-0.25, -0.2) is 19.3 Å². The third-order valence-corrected chi connectivity index (χ3v) is 7.54. The monoisotopic (exact) mass is 544 g/mol. The van der Waals surface area contributed by atoms with Crippen LogP contribution in [0.25, 0.3) is 16.6 Å². The number of nitrogens with zero attached hydrogens (tertiary/aromatic N) is 4. The maximum absolute atomic E-state index is 13.8. The van der Waals surface area contributed by atoms with Crippen LogP contribution in [-0.2, 0) is 5.41 Å². The van der Waals surface area contributed by atoms with Gasteiger partial charge in [0.25, 0.3) is 0 Å². The number of imidazole rings is 1. The van der Waals surface area contributed by atoms with Crippen molar-refractivity contribution in [2.45, 2.75) is 24.4 Å². The lowest BCUT2D eigenvalue weighted by molar-refractivity contribution is 0.334. The molecule has 0 N–H and O–H groups in total. The second-order valence-electron chi connectivity index (χ2n) is 9.33. The van der Waals surface area contributed by atoms with Crippen LogP contribution in [0.4, 0.5) is 4.39 Å². The molecule has 2 aromatic heterocycles. The molecule has 0 aliphatic rings. The van der Waals surface area contributed by atoms with Crippen LogP contribution < -0.4 is 14.2 Å². The third kappa shape index (κ3) is 5.40. The summed E-state index contributed by atoms with van der Waals surface area (Å²) in [7, 11) is 3.24. The largest absolute Gasteiger partial charge is 0.493 e. The summed E-state index contributed by atoms with van der Waals surface area (Å²) in [5.41, 5.74) is 3.17. The van der Waals surface area contributed by atoms with Gasteiger partial charge in [-0.3, -0.25) is 4.57 Å². The number of methoxy groups -OCH3 is 2. The molecule has 5 rings (SSSR count). The minimum absolute atomic E-state index is 0.292. The fourth-order valence-electron chi connectivity index (χ4n) is 4.46. The number of aromatic nitrogens is 4. The molecule has 200 valence electrons. The Bertz CT molecular complexity index is 1580. The van der Waals surface area contributed by atoms with Crippen LogP contribution in [-0.4, -0.2) is 46.1 Å².